The van der Waals surface area contributed by atoms with Gasteiger partial charge in [-0.3, -0.25) is 10.2 Å². The Morgan fingerprint density at radius 3 is 2.48 bits per heavy atom. The van der Waals surface area contributed by atoms with Crippen molar-refractivity contribution in [2.24, 2.45) is 0 Å². The van der Waals surface area contributed by atoms with E-state index in [0.29, 0.717) is 19.9 Å². The average Bonchev–Trinajstić information content (AvgIpc) is 2.64. The highest BCUT2D eigenvalue weighted by Gasteiger charge is 2.14. The fourth-order valence-corrected chi connectivity index (χ4v) is 3.01. The number of hydrogen-bond acceptors (Lipinski definition) is 5. The SMILES string of the molecule is C=O.CC(C)=CCC/C(C)=C/COC(CCOCNCCBr)N(C)CCBr. The van der Waals surface area contributed by atoms with Gasteiger partial charge in [0.1, 0.15) is 13.0 Å². The van der Waals surface area contributed by atoms with Gasteiger partial charge in [-0.2, -0.15) is 0 Å². The van der Waals surface area contributed by atoms with E-state index in [9.17, 15) is 0 Å². The molecule has 0 bridgehead atoms. The highest BCUT2D eigenvalue weighted by Crippen LogP contribution is 2.09. The van der Waals surface area contributed by atoms with Crippen LogP contribution in [0, 0.1) is 0 Å². The van der Waals surface area contributed by atoms with Crippen molar-refractivity contribution in [3.63, 3.8) is 0 Å². The van der Waals surface area contributed by atoms with Crippen molar-refractivity contribution in [1.29, 1.82) is 0 Å². The van der Waals surface area contributed by atoms with Gasteiger partial charge in [-0.1, -0.05) is 55.2 Å². The summed E-state index contributed by atoms with van der Waals surface area (Å²) in [6, 6.07) is 0. The second-order valence-electron chi connectivity index (χ2n) is 6.36. The van der Waals surface area contributed by atoms with Crippen molar-refractivity contribution >= 4 is 38.6 Å². The Kier molecular flexibility index (Phi) is 24.0. The fraction of sp³-hybridized carbons (Fsp3) is 0.750. The number of carbonyl (C=O) groups excluding carboxylic acids is 1. The van der Waals surface area contributed by atoms with Crippen LogP contribution in [0.2, 0.25) is 0 Å². The van der Waals surface area contributed by atoms with Crippen LogP contribution in [0.1, 0.15) is 40.0 Å². The predicted molar refractivity (Wildman–Crippen MR) is 123 cm³/mol. The third kappa shape index (κ3) is 20.5. The molecule has 0 radical (unpaired) electrons. The van der Waals surface area contributed by atoms with Crippen molar-refractivity contribution in [2.45, 2.75) is 46.3 Å². The van der Waals surface area contributed by atoms with Crippen molar-refractivity contribution in [1.82, 2.24) is 10.2 Å². The van der Waals surface area contributed by atoms with E-state index >= 15 is 0 Å². The zero-order chi connectivity index (χ0) is 20.9. The Hall–Kier alpha value is -0.0500. The van der Waals surface area contributed by atoms with Crippen LogP contribution in [-0.4, -0.2) is 68.7 Å². The van der Waals surface area contributed by atoms with Crippen LogP contribution in [0.3, 0.4) is 0 Å². The van der Waals surface area contributed by atoms with Gasteiger partial charge in [0.15, 0.2) is 0 Å². The quantitative estimate of drug-likeness (QED) is 0.142. The maximum absolute atomic E-state index is 8.00. The largest absolute Gasteiger partial charge is 0.366 e. The average molecular weight is 514 g/mol. The van der Waals surface area contributed by atoms with Crippen molar-refractivity contribution in [3.05, 3.63) is 23.3 Å². The number of hydrogen-bond donors (Lipinski definition) is 1. The lowest BCUT2D eigenvalue weighted by Crippen LogP contribution is -2.36. The molecule has 0 saturated carbocycles. The van der Waals surface area contributed by atoms with Gasteiger partial charge < -0.3 is 14.3 Å². The third-order valence-corrected chi connectivity index (χ3v) is 4.48. The Bertz CT molecular complexity index is 389. The highest BCUT2D eigenvalue weighted by molar-refractivity contribution is 9.09. The predicted octanol–water partition coefficient (Wildman–Crippen LogP) is 4.51. The van der Waals surface area contributed by atoms with Crippen molar-refractivity contribution in [3.8, 4) is 0 Å². The fourth-order valence-electron chi connectivity index (χ4n) is 2.17. The van der Waals surface area contributed by atoms with Crippen molar-refractivity contribution < 1.29 is 14.3 Å². The molecular formula is C20H38Br2N2O3. The lowest BCUT2D eigenvalue weighted by Gasteiger charge is -2.27. The number of halogens is 2. The molecule has 160 valence electrons. The van der Waals surface area contributed by atoms with Gasteiger partial charge in [-0.05, 0) is 40.7 Å². The topological polar surface area (TPSA) is 50.8 Å². The minimum atomic E-state index is 0.0792. The maximum Gasteiger partial charge on any atom is 0.113 e. The zero-order valence-corrected chi connectivity index (χ0v) is 20.6. The second-order valence-corrected chi connectivity index (χ2v) is 7.94. The summed E-state index contributed by atoms with van der Waals surface area (Å²) in [6.07, 6.45) is 7.63. The molecule has 0 fully saturated rings. The van der Waals surface area contributed by atoms with Crippen LogP contribution >= 0.6 is 31.9 Å². The monoisotopic (exact) mass is 512 g/mol. The van der Waals surface area contributed by atoms with E-state index in [-0.39, 0.29) is 6.23 Å². The summed E-state index contributed by atoms with van der Waals surface area (Å²) < 4.78 is 11.7. The lowest BCUT2D eigenvalue weighted by atomic mass is 10.1. The summed E-state index contributed by atoms with van der Waals surface area (Å²) in [6.45, 7) is 12.3. The molecule has 0 spiro atoms. The molecule has 0 rings (SSSR count). The summed E-state index contributed by atoms with van der Waals surface area (Å²) in [7, 11) is 2.10. The Balaban J connectivity index is 0. The van der Waals surface area contributed by atoms with Crippen LogP contribution in [0.25, 0.3) is 0 Å². The molecule has 0 aromatic rings. The molecule has 1 unspecified atom stereocenters. The Morgan fingerprint density at radius 1 is 1.19 bits per heavy atom. The van der Waals surface area contributed by atoms with Gasteiger partial charge in [0.2, 0.25) is 0 Å². The van der Waals surface area contributed by atoms with Crippen LogP contribution in [0.5, 0.6) is 0 Å². The van der Waals surface area contributed by atoms with Gasteiger partial charge in [-0.25, -0.2) is 0 Å². The van der Waals surface area contributed by atoms with Gasteiger partial charge in [0, 0.05) is 30.2 Å². The van der Waals surface area contributed by atoms with Crippen LogP contribution in [0.4, 0.5) is 0 Å². The molecule has 0 aliphatic heterocycles. The number of rotatable bonds is 16. The van der Waals surface area contributed by atoms with Gasteiger partial charge in [0.05, 0.1) is 19.9 Å². The molecule has 0 aliphatic carbocycles. The molecular weight excluding hydrogens is 476 g/mol. The van der Waals surface area contributed by atoms with E-state index in [1.165, 1.54) is 11.1 Å². The summed E-state index contributed by atoms with van der Waals surface area (Å²) in [5.74, 6) is 0. The molecule has 1 N–H and O–H groups in total. The smallest absolute Gasteiger partial charge is 0.113 e. The summed E-state index contributed by atoms with van der Waals surface area (Å²) in [5.41, 5.74) is 2.76. The molecule has 0 aromatic heterocycles. The van der Waals surface area contributed by atoms with E-state index in [0.717, 1.165) is 43.0 Å². The number of carbonyl (C=O) groups is 1. The number of nitrogens with zero attached hydrogens (tertiary/aromatic N) is 1. The molecule has 5 nitrogen and oxygen atoms in total. The molecule has 0 saturated heterocycles. The van der Waals surface area contributed by atoms with Crippen molar-refractivity contribution in [2.75, 3.05) is 50.7 Å². The van der Waals surface area contributed by atoms with E-state index in [4.69, 9.17) is 14.3 Å². The summed E-state index contributed by atoms with van der Waals surface area (Å²) in [4.78, 5) is 10.2. The first-order chi connectivity index (χ1) is 13.0. The highest BCUT2D eigenvalue weighted by atomic mass is 79.9. The first-order valence-electron chi connectivity index (χ1n) is 9.31. The number of allylic oxidation sites excluding steroid dienone is 3. The number of nitrogens with one attached hydrogen (secondary N) is 1. The normalized spacial score (nSPS) is 12.5. The van der Waals surface area contributed by atoms with Gasteiger partial charge >= 0.3 is 0 Å². The van der Waals surface area contributed by atoms with Crippen LogP contribution in [-0.2, 0) is 14.3 Å². The third-order valence-electron chi connectivity index (χ3n) is 3.73. The second kappa shape index (κ2) is 22.2. The molecule has 0 aromatic carbocycles. The molecule has 0 aliphatic rings. The molecule has 0 amide bonds. The van der Waals surface area contributed by atoms with Gasteiger partial charge in [0.25, 0.3) is 0 Å². The molecule has 27 heavy (non-hydrogen) atoms. The zero-order valence-electron chi connectivity index (χ0n) is 17.4. The Morgan fingerprint density at radius 2 is 1.89 bits per heavy atom. The van der Waals surface area contributed by atoms with Gasteiger partial charge in [-0.15, -0.1) is 0 Å². The minimum Gasteiger partial charge on any atom is -0.366 e. The number of alkyl halides is 2. The van der Waals surface area contributed by atoms with E-state index in [1.54, 1.807) is 0 Å². The van der Waals surface area contributed by atoms with Crippen LogP contribution in [0.15, 0.2) is 23.3 Å². The molecule has 0 heterocycles. The number of ether oxygens (including phenoxy) is 2. The minimum absolute atomic E-state index is 0.0792. The first-order valence-corrected chi connectivity index (χ1v) is 11.6. The van der Waals surface area contributed by atoms with E-state index < -0.39 is 0 Å². The first kappa shape index (κ1) is 29.2. The maximum atomic E-state index is 8.00. The summed E-state index contributed by atoms with van der Waals surface area (Å²) in [5, 5.41) is 5.08. The summed E-state index contributed by atoms with van der Waals surface area (Å²) >= 11 is 6.88. The Labute approximate surface area is 183 Å². The standard InChI is InChI=1S/C19H36Br2N2O2.CH2O/c1-17(2)6-5-7-18(3)8-15-25-19(23(4)13-11-21)9-14-24-16-22-12-10-20;1-2/h6,8,19,22H,5,7,9-16H2,1-4H3;1H2/b18-8+;. The van der Waals surface area contributed by atoms with E-state index in [2.05, 4.69) is 82.0 Å². The molecule has 1 atom stereocenters. The lowest BCUT2D eigenvalue weighted by molar-refractivity contribution is -0.0980. The van der Waals surface area contributed by atoms with E-state index in [1.807, 2.05) is 6.79 Å². The van der Waals surface area contributed by atoms with Crippen LogP contribution < -0.4 is 5.32 Å². The molecule has 7 heteroatoms.